The molecule has 33 heavy (non-hydrogen) atoms. The molecule has 0 saturated carbocycles. The minimum atomic E-state index is -0.387. The number of hydrogen-bond donors (Lipinski definition) is 1. The van der Waals surface area contributed by atoms with Gasteiger partial charge in [0.2, 0.25) is 5.91 Å². The minimum Gasteiger partial charge on any atom is -0.495 e. The number of hydrogen-bond acceptors (Lipinski definition) is 7. The Hall–Kier alpha value is -3.43. The molecule has 1 aliphatic heterocycles. The Labute approximate surface area is 196 Å². The van der Waals surface area contributed by atoms with Crippen molar-refractivity contribution >= 4 is 45.3 Å². The highest BCUT2D eigenvalue weighted by Crippen LogP contribution is 2.33. The highest BCUT2D eigenvalue weighted by Gasteiger charge is 2.27. The molecule has 10 heteroatoms. The molecule has 1 saturated heterocycles. The molecule has 1 atom stereocenters. The number of nitro benzene ring substituents is 1. The van der Waals surface area contributed by atoms with Crippen LogP contribution in [-0.2, 0) is 4.79 Å². The van der Waals surface area contributed by atoms with Gasteiger partial charge in [0, 0.05) is 61.4 Å². The lowest BCUT2D eigenvalue weighted by molar-refractivity contribution is -0.383. The number of non-ortho nitro benzene ring substituents is 1. The highest BCUT2D eigenvalue weighted by atomic mass is 35.5. The van der Waals surface area contributed by atoms with Crippen molar-refractivity contribution < 1.29 is 14.5 Å². The van der Waals surface area contributed by atoms with Crippen LogP contribution < -0.4 is 15.0 Å². The molecule has 0 radical (unpaired) electrons. The first kappa shape index (κ1) is 22.8. The summed E-state index contributed by atoms with van der Waals surface area (Å²) in [4.78, 5) is 32.1. The maximum atomic E-state index is 12.8. The number of piperazine rings is 1. The third-order valence-electron chi connectivity index (χ3n) is 5.97. The normalized spacial score (nSPS) is 15.3. The van der Waals surface area contributed by atoms with Crippen LogP contribution in [-0.4, -0.2) is 60.0 Å². The largest absolute Gasteiger partial charge is 0.495 e. The van der Waals surface area contributed by atoms with Gasteiger partial charge in [-0.2, -0.15) is 0 Å². The van der Waals surface area contributed by atoms with E-state index in [0.717, 1.165) is 11.1 Å². The molecule has 4 rings (SSSR count). The first-order chi connectivity index (χ1) is 15.9. The van der Waals surface area contributed by atoms with Crippen LogP contribution in [0.5, 0.6) is 5.75 Å². The van der Waals surface area contributed by atoms with E-state index in [1.807, 2.05) is 6.92 Å². The van der Waals surface area contributed by atoms with Crippen molar-refractivity contribution in [2.75, 3.05) is 43.5 Å². The number of nitro groups is 1. The Balaban J connectivity index is 1.42. The molecular weight excluding hydrogens is 446 g/mol. The van der Waals surface area contributed by atoms with Crippen LogP contribution in [0.3, 0.4) is 0 Å². The van der Waals surface area contributed by atoms with Gasteiger partial charge in [0.25, 0.3) is 5.69 Å². The van der Waals surface area contributed by atoms with Gasteiger partial charge in [-0.1, -0.05) is 11.6 Å². The molecule has 0 unspecified atom stereocenters. The standard InChI is InChI=1S/C23H24ClN5O4/c1-15(23(30)26-16-3-6-22(33-2)19(24)13-16)27-9-11-28(12-10-27)20-4-5-21(29(31)32)18-14-25-8-7-17(18)20/h3-8,13-15H,9-12H2,1-2H3,(H,26,30)/t15-/m0/s1. The first-order valence-corrected chi connectivity index (χ1v) is 10.9. The maximum Gasteiger partial charge on any atom is 0.278 e. The predicted octanol–water partition coefficient (Wildman–Crippen LogP) is 3.95. The fraction of sp³-hybridized carbons (Fsp3) is 0.304. The number of anilines is 2. The number of nitrogens with one attached hydrogen (secondary N) is 1. The fourth-order valence-electron chi connectivity index (χ4n) is 4.10. The van der Waals surface area contributed by atoms with E-state index in [-0.39, 0.29) is 22.6 Å². The molecule has 1 aromatic heterocycles. The van der Waals surface area contributed by atoms with E-state index in [9.17, 15) is 14.9 Å². The second-order valence-corrected chi connectivity index (χ2v) is 8.23. The monoisotopic (exact) mass is 469 g/mol. The number of aromatic nitrogens is 1. The number of nitrogens with zero attached hydrogens (tertiary/aromatic N) is 4. The lowest BCUT2D eigenvalue weighted by atomic mass is 10.1. The zero-order valence-electron chi connectivity index (χ0n) is 18.3. The van der Waals surface area contributed by atoms with Crippen LogP contribution in [0.15, 0.2) is 48.8 Å². The molecule has 1 N–H and O–H groups in total. The SMILES string of the molecule is COc1ccc(NC(=O)[C@H](C)N2CCN(c3ccc([N+](=O)[O-])c4cnccc34)CC2)cc1Cl. The summed E-state index contributed by atoms with van der Waals surface area (Å²) >= 11 is 6.15. The van der Waals surface area contributed by atoms with Gasteiger partial charge in [0.05, 0.1) is 28.5 Å². The number of rotatable bonds is 6. The summed E-state index contributed by atoms with van der Waals surface area (Å²) in [5.74, 6) is 0.435. The van der Waals surface area contributed by atoms with Crippen molar-refractivity contribution in [3.63, 3.8) is 0 Å². The summed E-state index contributed by atoms with van der Waals surface area (Å²) in [5.41, 5.74) is 1.59. The Morgan fingerprint density at radius 2 is 1.94 bits per heavy atom. The van der Waals surface area contributed by atoms with Crippen LogP contribution >= 0.6 is 11.6 Å². The number of methoxy groups -OCH3 is 1. The molecule has 172 valence electrons. The third-order valence-corrected chi connectivity index (χ3v) is 6.27. The van der Waals surface area contributed by atoms with Crippen molar-refractivity contribution in [3.8, 4) is 5.75 Å². The average Bonchev–Trinajstić information content (AvgIpc) is 2.83. The maximum absolute atomic E-state index is 12.8. The smallest absolute Gasteiger partial charge is 0.278 e. The molecule has 1 amide bonds. The van der Waals surface area contributed by atoms with Crippen LogP contribution in [0.2, 0.25) is 5.02 Å². The molecular formula is C23H24ClN5O4. The average molecular weight is 470 g/mol. The number of halogens is 1. The Morgan fingerprint density at radius 3 is 2.61 bits per heavy atom. The zero-order chi connectivity index (χ0) is 23.5. The van der Waals surface area contributed by atoms with Crippen LogP contribution in [0.4, 0.5) is 17.1 Å². The zero-order valence-corrected chi connectivity index (χ0v) is 19.1. The van der Waals surface area contributed by atoms with E-state index in [0.29, 0.717) is 48.0 Å². The number of amides is 1. The van der Waals surface area contributed by atoms with Crippen molar-refractivity contribution in [1.29, 1.82) is 0 Å². The van der Waals surface area contributed by atoms with Crippen LogP contribution in [0, 0.1) is 10.1 Å². The van der Waals surface area contributed by atoms with Crippen molar-refractivity contribution in [1.82, 2.24) is 9.88 Å². The number of pyridine rings is 1. The van der Waals surface area contributed by atoms with E-state index in [4.69, 9.17) is 16.3 Å². The predicted molar refractivity (Wildman–Crippen MR) is 128 cm³/mol. The highest BCUT2D eigenvalue weighted by molar-refractivity contribution is 6.32. The van der Waals surface area contributed by atoms with Gasteiger partial charge in [-0.25, -0.2) is 0 Å². The summed E-state index contributed by atoms with van der Waals surface area (Å²) in [7, 11) is 1.54. The summed E-state index contributed by atoms with van der Waals surface area (Å²) < 4.78 is 5.14. The van der Waals surface area contributed by atoms with E-state index >= 15 is 0 Å². The van der Waals surface area contributed by atoms with Gasteiger partial charge in [-0.15, -0.1) is 0 Å². The third kappa shape index (κ3) is 4.69. The van der Waals surface area contributed by atoms with E-state index < -0.39 is 0 Å². The lowest BCUT2D eigenvalue weighted by Gasteiger charge is -2.38. The van der Waals surface area contributed by atoms with E-state index in [1.165, 1.54) is 19.4 Å². The second kappa shape index (κ2) is 9.60. The molecule has 9 nitrogen and oxygen atoms in total. The molecule has 0 bridgehead atoms. The van der Waals surface area contributed by atoms with Crippen LogP contribution in [0.25, 0.3) is 10.8 Å². The summed E-state index contributed by atoms with van der Waals surface area (Å²) in [6, 6.07) is 9.93. The first-order valence-electron chi connectivity index (χ1n) is 10.5. The van der Waals surface area contributed by atoms with Crippen molar-refractivity contribution in [2.24, 2.45) is 0 Å². The molecule has 2 aromatic carbocycles. The van der Waals surface area contributed by atoms with Crippen molar-refractivity contribution in [3.05, 3.63) is 63.9 Å². The minimum absolute atomic E-state index is 0.0458. The molecule has 1 fully saturated rings. The molecule has 2 heterocycles. The quantitative estimate of drug-likeness (QED) is 0.430. The van der Waals surface area contributed by atoms with Gasteiger partial charge in [-0.05, 0) is 37.3 Å². The van der Waals surface area contributed by atoms with Crippen molar-refractivity contribution in [2.45, 2.75) is 13.0 Å². The molecule has 0 aliphatic carbocycles. The molecule has 0 spiro atoms. The van der Waals surface area contributed by atoms with E-state index in [2.05, 4.69) is 20.1 Å². The Bertz CT molecular complexity index is 1200. The number of benzene rings is 2. The molecule has 1 aliphatic rings. The summed E-state index contributed by atoms with van der Waals surface area (Å²) in [6.07, 6.45) is 3.18. The number of carbonyl (C=O) groups is 1. The topological polar surface area (TPSA) is 101 Å². The summed E-state index contributed by atoms with van der Waals surface area (Å²) in [6.45, 7) is 4.63. The van der Waals surface area contributed by atoms with Gasteiger partial charge in [0.1, 0.15) is 5.75 Å². The number of carbonyl (C=O) groups excluding carboxylic acids is 1. The summed E-state index contributed by atoms with van der Waals surface area (Å²) in [5, 5.41) is 16.0. The number of ether oxygens (including phenoxy) is 1. The second-order valence-electron chi connectivity index (χ2n) is 7.82. The van der Waals surface area contributed by atoms with Crippen LogP contribution in [0.1, 0.15) is 6.92 Å². The fourth-order valence-corrected chi connectivity index (χ4v) is 4.36. The van der Waals surface area contributed by atoms with E-state index in [1.54, 1.807) is 36.5 Å². The molecule has 3 aromatic rings. The Morgan fingerprint density at radius 1 is 1.18 bits per heavy atom. The lowest BCUT2D eigenvalue weighted by Crippen LogP contribution is -2.52. The van der Waals surface area contributed by atoms with Gasteiger partial charge >= 0.3 is 0 Å². The van der Waals surface area contributed by atoms with Gasteiger partial charge in [0.15, 0.2) is 0 Å². The van der Waals surface area contributed by atoms with Gasteiger partial charge < -0.3 is 15.0 Å². The van der Waals surface area contributed by atoms with Gasteiger partial charge in [-0.3, -0.25) is 24.8 Å². The Kier molecular flexibility index (Phi) is 6.62. The number of fused-ring (bicyclic) bond motifs is 1.